The minimum Gasteiger partial charge on any atom is -0.450 e. The number of rotatable bonds is 5. The molecular weight excluding hydrogens is 473 g/mol. The third-order valence-electron chi connectivity index (χ3n) is 4.10. The Morgan fingerprint density at radius 3 is 2.43 bits per heavy atom. The second-order valence-electron chi connectivity index (χ2n) is 6.22. The largest absolute Gasteiger partial charge is 0.450 e. The molecule has 0 aromatic heterocycles. The van der Waals surface area contributed by atoms with Crippen molar-refractivity contribution < 1.29 is 14.3 Å². The summed E-state index contributed by atoms with van der Waals surface area (Å²) >= 11 is 0. The van der Waals surface area contributed by atoms with Crippen molar-refractivity contribution in [3.63, 3.8) is 0 Å². The van der Waals surface area contributed by atoms with Crippen LogP contribution in [-0.4, -0.2) is 67.1 Å². The molecule has 9 heteroatoms. The average molecular weight is 503 g/mol. The SMILES string of the molecule is CCNC(=NCc1cccc(NC(C)=O)c1)N1CCN(C(=O)OCC)CC1.I. The molecule has 1 aromatic carbocycles. The lowest BCUT2D eigenvalue weighted by Gasteiger charge is -2.35. The van der Waals surface area contributed by atoms with Gasteiger partial charge in [0.05, 0.1) is 13.2 Å². The van der Waals surface area contributed by atoms with Crippen LogP contribution in [-0.2, 0) is 16.1 Å². The topological polar surface area (TPSA) is 86.3 Å². The number of carbonyl (C=O) groups excluding carboxylic acids is 2. The molecule has 0 aliphatic carbocycles. The van der Waals surface area contributed by atoms with Crippen molar-refractivity contribution in [2.75, 3.05) is 44.6 Å². The van der Waals surface area contributed by atoms with E-state index in [0.29, 0.717) is 39.3 Å². The third kappa shape index (κ3) is 7.53. The second-order valence-corrected chi connectivity index (χ2v) is 6.22. The molecule has 8 nitrogen and oxygen atoms in total. The number of amides is 2. The maximum atomic E-state index is 11.8. The Labute approximate surface area is 183 Å². The molecule has 2 N–H and O–H groups in total. The Kier molecular flexibility index (Phi) is 10.6. The first-order chi connectivity index (χ1) is 13.0. The van der Waals surface area contributed by atoms with Crippen LogP contribution in [0.1, 0.15) is 26.3 Å². The molecular formula is C19H30IN5O3. The Morgan fingerprint density at radius 1 is 1.14 bits per heavy atom. The lowest BCUT2D eigenvalue weighted by Crippen LogP contribution is -2.53. The third-order valence-corrected chi connectivity index (χ3v) is 4.10. The van der Waals surface area contributed by atoms with Crippen LogP contribution in [0, 0.1) is 0 Å². The molecule has 1 aromatic rings. The van der Waals surface area contributed by atoms with Crippen LogP contribution in [0.5, 0.6) is 0 Å². The van der Waals surface area contributed by atoms with Gasteiger partial charge in [0.25, 0.3) is 0 Å². The van der Waals surface area contributed by atoms with Crippen LogP contribution in [0.4, 0.5) is 10.5 Å². The molecule has 28 heavy (non-hydrogen) atoms. The van der Waals surface area contributed by atoms with Crippen molar-refractivity contribution in [1.82, 2.24) is 15.1 Å². The quantitative estimate of drug-likeness (QED) is 0.367. The summed E-state index contributed by atoms with van der Waals surface area (Å²) in [5, 5.41) is 6.09. The molecule has 156 valence electrons. The van der Waals surface area contributed by atoms with Gasteiger partial charge in [-0.3, -0.25) is 4.79 Å². The van der Waals surface area contributed by atoms with Gasteiger partial charge in [0.2, 0.25) is 5.91 Å². The fourth-order valence-corrected chi connectivity index (χ4v) is 2.86. The lowest BCUT2D eigenvalue weighted by molar-refractivity contribution is -0.114. The smallest absolute Gasteiger partial charge is 0.409 e. The number of carbonyl (C=O) groups is 2. The van der Waals surface area contributed by atoms with Crippen LogP contribution in [0.15, 0.2) is 29.3 Å². The van der Waals surface area contributed by atoms with E-state index in [4.69, 9.17) is 9.73 Å². The highest BCUT2D eigenvalue weighted by Crippen LogP contribution is 2.12. The summed E-state index contributed by atoms with van der Waals surface area (Å²) in [6, 6.07) is 7.67. The first kappa shape index (κ1) is 24.0. The summed E-state index contributed by atoms with van der Waals surface area (Å²) in [4.78, 5) is 31.6. The summed E-state index contributed by atoms with van der Waals surface area (Å²) in [6.45, 7) is 9.63. The van der Waals surface area contributed by atoms with Crippen molar-refractivity contribution in [3.8, 4) is 0 Å². The molecule has 1 saturated heterocycles. The maximum Gasteiger partial charge on any atom is 0.409 e. The van der Waals surface area contributed by atoms with E-state index in [-0.39, 0.29) is 36.0 Å². The molecule has 2 amide bonds. The van der Waals surface area contributed by atoms with Crippen LogP contribution < -0.4 is 10.6 Å². The zero-order valence-corrected chi connectivity index (χ0v) is 19.1. The zero-order valence-electron chi connectivity index (χ0n) is 16.7. The van der Waals surface area contributed by atoms with E-state index in [0.717, 1.165) is 23.8 Å². The van der Waals surface area contributed by atoms with E-state index in [2.05, 4.69) is 15.5 Å². The van der Waals surface area contributed by atoms with E-state index in [9.17, 15) is 9.59 Å². The fraction of sp³-hybridized carbons (Fsp3) is 0.526. The number of anilines is 1. The molecule has 1 heterocycles. The molecule has 0 spiro atoms. The van der Waals surface area contributed by atoms with Crippen LogP contribution >= 0.6 is 24.0 Å². The van der Waals surface area contributed by atoms with Gasteiger partial charge in [0.15, 0.2) is 5.96 Å². The highest BCUT2D eigenvalue weighted by atomic mass is 127. The van der Waals surface area contributed by atoms with Gasteiger partial charge < -0.3 is 25.2 Å². The number of benzene rings is 1. The van der Waals surface area contributed by atoms with Gasteiger partial charge in [-0.1, -0.05) is 12.1 Å². The van der Waals surface area contributed by atoms with Gasteiger partial charge in [-0.05, 0) is 31.5 Å². The van der Waals surface area contributed by atoms with Gasteiger partial charge in [0, 0.05) is 45.3 Å². The summed E-state index contributed by atoms with van der Waals surface area (Å²) < 4.78 is 5.06. The van der Waals surface area contributed by atoms with E-state index in [1.807, 2.05) is 38.1 Å². The van der Waals surface area contributed by atoms with E-state index in [1.165, 1.54) is 6.92 Å². The van der Waals surface area contributed by atoms with Crippen LogP contribution in [0.2, 0.25) is 0 Å². The van der Waals surface area contributed by atoms with Crippen molar-refractivity contribution in [1.29, 1.82) is 0 Å². The molecule has 0 saturated carbocycles. The normalized spacial score (nSPS) is 14.2. The number of guanidine groups is 1. The van der Waals surface area contributed by atoms with Crippen LogP contribution in [0.3, 0.4) is 0 Å². The highest BCUT2D eigenvalue weighted by molar-refractivity contribution is 14.0. The molecule has 0 unspecified atom stereocenters. The van der Waals surface area contributed by atoms with Crippen LogP contribution in [0.25, 0.3) is 0 Å². The minimum absolute atomic E-state index is 0. The second kappa shape index (κ2) is 12.4. The summed E-state index contributed by atoms with van der Waals surface area (Å²) in [5.74, 6) is 0.731. The molecule has 1 fully saturated rings. The minimum atomic E-state index is -0.256. The first-order valence-electron chi connectivity index (χ1n) is 9.35. The van der Waals surface area contributed by atoms with E-state index < -0.39 is 0 Å². The summed E-state index contributed by atoms with van der Waals surface area (Å²) in [6.07, 6.45) is -0.256. The Balaban J connectivity index is 0.00000392. The van der Waals surface area contributed by atoms with Crippen molar-refractivity contribution in [3.05, 3.63) is 29.8 Å². The molecule has 0 bridgehead atoms. The standard InChI is InChI=1S/C19H29N5O3.HI/c1-4-20-18(23-9-11-24(12-10-23)19(26)27-5-2)21-14-16-7-6-8-17(13-16)22-15(3)25;/h6-8,13H,4-5,9-12,14H2,1-3H3,(H,20,21)(H,22,25);1H. The van der Waals surface area contributed by atoms with Gasteiger partial charge in [-0.25, -0.2) is 9.79 Å². The van der Waals surface area contributed by atoms with E-state index >= 15 is 0 Å². The van der Waals surface area contributed by atoms with Crippen molar-refractivity contribution in [2.45, 2.75) is 27.3 Å². The predicted octanol–water partition coefficient (Wildman–Crippen LogP) is 2.50. The van der Waals surface area contributed by atoms with E-state index in [1.54, 1.807) is 4.90 Å². The number of nitrogens with zero attached hydrogens (tertiary/aromatic N) is 3. The first-order valence-corrected chi connectivity index (χ1v) is 9.35. The fourth-order valence-electron chi connectivity index (χ4n) is 2.86. The van der Waals surface area contributed by atoms with Gasteiger partial charge in [-0.2, -0.15) is 0 Å². The number of aliphatic imine (C=N–C) groups is 1. The molecule has 2 rings (SSSR count). The van der Waals surface area contributed by atoms with Crippen molar-refractivity contribution in [2.24, 2.45) is 4.99 Å². The number of hydrogen-bond donors (Lipinski definition) is 2. The molecule has 0 radical (unpaired) electrons. The van der Waals surface area contributed by atoms with Crippen molar-refractivity contribution >= 4 is 47.6 Å². The maximum absolute atomic E-state index is 11.8. The van der Waals surface area contributed by atoms with Gasteiger partial charge in [0.1, 0.15) is 0 Å². The predicted molar refractivity (Wildman–Crippen MR) is 121 cm³/mol. The average Bonchev–Trinajstić information content (AvgIpc) is 2.65. The zero-order chi connectivity index (χ0) is 19.6. The van der Waals surface area contributed by atoms with Gasteiger partial charge in [-0.15, -0.1) is 24.0 Å². The number of piperazine rings is 1. The molecule has 1 aliphatic heterocycles. The highest BCUT2D eigenvalue weighted by Gasteiger charge is 2.23. The number of halogens is 1. The number of nitrogens with one attached hydrogen (secondary N) is 2. The Hall–Kier alpha value is -2.04. The molecule has 0 atom stereocenters. The van der Waals surface area contributed by atoms with Gasteiger partial charge >= 0.3 is 6.09 Å². The number of ether oxygens (including phenoxy) is 1. The molecule has 1 aliphatic rings. The summed E-state index contributed by atoms with van der Waals surface area (Å²) in [5.41, 5.74) is 1.78. The lowest BCUT2D eigenvalue weighted by atomic mass is 10.2. The number of hydrogen-bond acceptors (Lipinski definition) is 4. The Morgan fingerprint density at radius 2 is 1.82 bits per heavy atom. The summed E-state index contributed by atoms with van der Waals surface area (Å²) in [7, 11) is 0. The monoisotopic (exact) mass is 503 g/mol. The Bertz CT molecular complexity index is 675.